The summed E-state index contributed by atoms with van der Waals surface area (Å²) in [6.07, 6.45) is 8.06. The van der Waals surface area contributed by atoms with E-state index in [-0.39, 0.29) is 0 Å². The second-order valence-corrected chi connectivity index (χ2v) is 7.44. The van der Waals surface area contributed by atoms with E-state index in [4.69, 9.17) is 0 Å². The Labute approximate surface area is 117 Å². The van der Waals surface area contributed by atoms with Crippen LogP contribution >= 0.6 is 11.8 Å². The van der Waals surface area contributed by atoms with Crippen molar-refractivity contribution < 1.29 is 5.11 Å². The van der Waals surface area contributed by atoms with Crippen molar-refractivity contribution in [2.75, 3.05) is 0 Å². The minimum Gasteiger partial charge on any atom is -0.385 e. The highest BCUT2D eigenvalue weighted by atomic mass is 32.2. The fourth-order valence-corrected chi connectivity index (χ4v) is 5.36. The van der Waals surface area contributed by atoms with Crippen LogP contribution in [0.2, 0.25) is 0 Å². The molecule has 98 valence electrons. The zero-order chi connectivity index (χ0) is 12.9. The van der Waals surface area contributed by atoms with Crippen molar-refractivity contribution in [2.24, 2.45) is 0 Å². The van der Waals surface area contributed by atoms with Gasteiger partial charge in [-0.2, -0.15) is 11.8 Å². The van der Waals surface area contributed by atoms with Gasteiger partial charge >= 0.3 is 0 Å². The van der Waals surface area contributed by atoms with Gasteiger partial charge in [-0.1, -0.05) is 12.1 Å². The highest BCUT2D eigenvalue weighted by molar-refractivity contribution is 8.00. The highest BCUT2D eigenvalue weighted by Crippen LogP contribution is 2.51. The molecule has 19 heavy (non-hydrogen) atoms. The topological polar surface area (TPSA) is 33.1 Å². The molecule has 0 amide bonds. The lowest BCUT2D eigenvalue weighted by Gasteiger charge is -2.36. The quantitative estimate of drug-likeness (QED) is 0.862. The predicted octanol–water partition coefficient (Wildman–Crippen LogP) is 3.48. The average Bonchev–Trinajstić information content (AvgIpc) is 2.78. The molecule has 3 heterocycles. The van der Waals surface area contributed by atoms with Crippen molar-refractivity contribution in [3.63, 3.8) is 0 Å². The summed E-state index contributed by atoms with van der Waals surface area (Å²) in [5, 5.41) is 14.7. The molecule has 2 aliphatic rings. The van der Waals surface area contributed by atoms with Crippen LogP contribution in [-0.2, 0) is 5.60 Å². The zero-order valence-electron chi connectivity index (χ0n) is 10.7. The monoisotopic (exact) mass is 271 g/mol. The van der Waals surface area contributed by atoms with Crippen LogP contribution < -0.4 is 0 Å². The maximum atomic E-state index is 11.1. The van der Waals surface area contributed by atoms with E-state index in [2.05, 4.69) is 34.9 Å². The molecule has 0 radical (unpaired) electrons. The summed E-state index contributed by atoms with van der Waals surface area (Å²) < 4.78 is 0. The van der Waals surface area contributed by atoms with Crippen molar-refractivity contribution >= 4 is 22.5 Å². The lowest BCUT2D eigenvalue weighted by Crippen LogP contribution is -2.34. The molecule has 3 heteroatoms. The Morgan fingerprint density at radius 3 is 2.68 bits per heavy atom. The number of aliphatic hydroxyl groups is 1. The Morgan fingerprint density at radius 2 is 1.89 bits per heavy atom. The van der Waals surface area contributed by atoms with E-state index in [9.17, 15) is 5.11 Å². The molecular weight excluding hydrogens is 254 g/mol. The first-order valence-electron chi connectivity index (χ1n) is 6.95. The summed E-state index contributed by atoms with van der Waals surface area (Å²) in [5.41, 5.74) is 0.470. The summed E-state index contributed by atoms with van der Waals surface area (Å²) >= 11 is 2.08. The van der Waals surface area contributed by atoms with E-state index in [0.717, 1.165) is 23.8 Å². The first-order chi connectivity index (χ1) is 9.23. The molecule has 1 N–H and O–H groups in total. The van der Waals surface area contributed by atoms with Gasteiger partial charge in [0.25, 0.3) is 0 Å². The van der Waals surface area contributed by atoms with Crippen LogP contribution in [0.15, 0.2) is 36.7 Å². The van der Waals surface area contributed by atoms with Gasteiger partial charge in [0.1, 0.15) is 0 Å². The summed E-state index contributed by atoms with van der Waals surface area (Å²) in [6.45, 7) is 0. The van der Waals surface area contributed by atoms with Gasteiger partial charge in [0, 0.05) is 28.3 Å². The average molecular weight is 271 g/mol. The van der Waals surface area contributed by atoms with E-state index in [0.29, 0.717) is 10.5 Å². The van der Waals surface area contributed by atoms with Crippen molar-refractivity contribution in [3.8, 4) is 0 Å². The number of thioether (sulfide) groups is 1. The Hall–Kier alpha value is -1.06. The third-order valence-electron chi connectivity index (χ3n) is 4.50. The van der Waals surface area contributed by atoms with Crippen LogP contribution in [0.5, 0.6) is 0 Å². The number of hydrogen-bond donors (Lipinski definition) is 1. The number of rotatable bonds is 1. The molecule has 1 aromatic carbocycles. The molecule has 0 aliphatic carbocycles. The summed E-state index contributed by atoms with van der Waals surface area (Å²) in [6, 6.07) is 8.33. The van der Waals surface area contributed by atoms with Gasteiger partial charge in [0.2, 0.25) is 0 Å². The van der Waals surface area contributed by atoms with Gasteiger partial charge in [-0.25, -0.2) is 0 Å². The lowest BCUT2D eigenvalue weighted by molar-refractivity contribution is 0.0198. The number of fused-ring (bicyclic) bond motifs is 3. The third kappa shape index (κ3) is 1.96. The maximum Gasteiger partial charge on any atom is 0.0917 e. The Balaban J connectivity index is 1.76. The van der Waals surface area contributed by atoms with Crippen molar-refractivity contribution in [3.05, 3.63) is 42.2 Å². The predicted molar refractivity (Wildman–Crippen MR) is 79.3 cm³/mol. The van der Waals surface area contributed by atoms with Crippen LogP contribution in [0.3, 0.4) is 0 Å². The number of hydrogen-bond acceptors (Lipinski definition) is 3. The van der Waals surface area contributed by atoms with Gasteiger partial charge in [0.15, 0.2) is 0 Å². The van der Waals surface area contributed by atoms with Crippen LogP contribution in [-0.4, -0.2) is 20.6 Å². The van der Waals surface area contributed by atoms with Crippen LogP contribution in [0.4, 0.5) is 0 Å². The number of nitrogens with zero attached hydrogens (tertiary/aromatic N) is 1. The van der Waals surface area contributed by atoms with Crippen LogP contribution in [0, 0.1) is 0 Å². The molecule has 2 fully saturated rings. The number of aromatic nitrogens is 1. The first-order valence-corrected chi connectivity index (χ1v) is 7.89. The largest absolute Gasteiger partial charge is 0.385 e. The molecule has 2 saturated heterocycles. The fraction of sp³-hybridized carbons (Fsp3) is 0.438. The molecule has 2 aliphatic heterocycles. The van der Waals surface area contributed by atoms with E-state index < -0.39 is 5.60 Å². The molecule has 2 bridgehead atoms. The standard InChI is InChI=1S/C16H17NOS/c18-16(8-14-3-4-15(9-16)19-14)13-2-1-12-10-17-6-5-11(12)7-13/h1-2,5-7,10,14-15,18H,3-4,8-9H2. The lowest BCUT2D eigenvalue weighted by atomic mass is 9.85. The maximum absolute atomic E-state index is 11.1. The molecule has 2 atom stereocenters. The second kappa shape index (κ2) is 4.22. The van der Waals surface area contributed by atoms with Crippen molar-refractivity contribution in [2.45, 2.75) is 41.8 Å². The van der Waals surface area contributed by atoms with Gasteiger partial charge < -0.3 is 5.11 Å². The van der Waals surface area contributed by atoms with Crippen molar-refractivity contribution in [1.29, 1.82) is 0 Å². The third-order valence-corrected chi connectivity index (χ3v) is 6.08. The smallest absolute Gasteiger partial charge is 0.0917 e. The number of pyridine rings is 1. The SMILES string of the molecule is OC1(c2ccc3cnccc3c2)CC2CCC(C1)S2. The molecule has 2 unspecified atom stereocenters. The van der Waals surface area contributed by atoms with Crippen LogP contribution in [0.25, 0.3) is 10.8 Å². The summed E-state index contributed by atoms with van der Waals surface area (Å²) in [4.78, 5) is 4.14. The number of benzene rings is 1. The van der Waals surface area contributed by atoms with E-state index >= 15 is 0 Å². The first kappa shape index (κ1) is 11.7. The summed E-state index contributed by atoms with van der Waals surface area (Å²) in [5.74, 6) is 0. The molecular formula is C16H17NOS. The molecule has 1 aromatic heterocycles. The highest BCUT2D eigenvalue weighted by Gasteiger charge is 2.44. The molecule has 2 aromatic rings. The van der Waals surface area contributed by atoms with Crippen LogP contribution in [0.1, 0.15) is 31.2 Å². The second-order valence-electron chi connectivity index (χ2n) is 5.83. The minimum atomic E-state index is -0.617. The molecule has 0 spiro atoms. The van der Waals surface area contributed by atoms with E-state index in [1.807, 2.05) is 18.5 Å². The van der Waals surface area contributed by atoms with E-state index in [1.165, 1.54) is 18.2 Å². The molecule has 2 nitrogen and oxygen atoms in total. The van der Waals surface area contributed by atoms with Gasteiger partial charge in [-0.3, -0.25) is 4.98 Å². The Morgan fingerprint density at radius 1 is 1.11 bits per heavy atom. The normalized spacial score (nSPS) is 33.7. The summed E-state index contributed by atoms with van der Waals surface area (Å²) in [7, 11) is 0. The van der Waals surface area contributed by atoms with Gasteiger partial charge in [0.05, 0.1) is 5.60 Å². The van der Waals surface area contributed by atoms with Gasteiger partial charge in [-0.05, 0) is 48.8 Å². The van der Waals surface area contributed by atoms with E-state index in [1.54, 1.807) is 0 Å². The Kier molecular flexibility index (Phi) is 2.61. The Bertz CT molecular complexity index is 615. The van der Waals surface area contributed by atoms with Gasteiger partial charge in [-0.15, -0.1) is 0 Å². The minimum absolute atomic E-state index is 0.617. The molecule has 4 rings (SSSR count). The zero-order valence-corrected chi connectivity index (χ0v) is 11.6. The molecule has 0 saturated carbocycles. The fourth-order valence-electron chi connectivity index (χ4n) is 3.53. The van der Waals surface area contributed by atoms with Crippen molar-refractivity contribution in [1.82, 2.24) is 4.98 Å².